The number of hydrogen-bond acceptors (Lipinski definition) is 4. The lowest BCUT2D eigenvalue weighted by Gasteiger charge is -2.23. The molecule has 0 aliphatic heterocycles. The molecule has 0 amide bonds. The van der Waals surface area contributed by atoms with E-state index in [2.05, 4.69) is 34.6 Å². The molecule has 0 aromatic carbocycles. The van der Waals surface area contributed by atoms with Crippen LogP contribution in [-0.2, 0) is 19.0 Å². The second-order valence-corrected chi connectivity index (χ2v) is 6.02. The lowest BCUT2D eigenvalue weighted by molar-refractivity contribution is -0.190. The van der Waals surface area contributed by atoms with Crippen molar-refractivity contribution < 1.29 is 19.0 Å². The van der Waals surface area contributed by atoms with Crippen LogP contribution in [-0.4, -0.2) is 32.1 Å². The fourth-order valence-electron chi connectivity index (χ4n) is 2.08. The first-order valence-corrected chi connectivity index (χ1v) is 6.96. The molecule has 0 rings (SSSR count). The Labute approximate surface area is 117 Å². The van der Waals surface area contributed by atoms with E-state index in [1.165, 1.54) is 0 Å². The van der Waals surface area contributed by atoms with Gasteiger partial charge in [-0.25, -0.2) is 0 Å². The van der Waals surface area contributed by atoms with Crippen LogP contribution < -0.4 is 0 Å². The Kier molecular flexibility index (Phi) is 9.02. The van der Waals surface area contributed by atoms with E-state index in [4.69, 9.17) is 14.2 Å². The van der Waals surface area contributed by atoms with Crippen molar-refractivity contribution >= 4 is 5.97 Å². The average Bonchev–Trinajstić information content (AvgIpc) is 2.23. The highest BCUT2D eigenvalue weighted by Crippen LogP contribution is 2.26. The number of rotatable bonds is 9. The van der Waals surface area contributed by atoms with Crippen LogP contribution in [0.5, 0.6) is 0 Å². The van der Waals surface area contributed by atoms with Crippen molar-refractivity contribution in [2.24, 2.45) is 11.3 Å². The molecule has 4 nitrogen and oxygen atoms in total. The molecule has 0 saturated heterocycles. The van der Waals surface area contributed by atoms with E-state index in [9.17, 15) is 4.79 Å². The van der Waals surface area contributed by atoms with Crippen molar-refractivity contribution in [2.75, 3.05) is 19.8 Å². The molecule has 2 atom stereocenters. The molecule has 0 aliphatic carbocycles. The molecule has 2 unspecified atom stereocenters. The number of esters is 1. The Hall–Kier alpha value is -0.610. The fourth-order valence-corrected chi connectivity index (χ4v) is 2.08. The van der Waals surface area contributed by atoms with Gasteiger partial charge in [-0.2, -0.15) is 0 Å². The van der Waals surface area contributed by atoms with Crippen molar-refractivity contribution in [3.05, 3.63) is 6.92 Å². The summed E-state index contributed by atoms with van der Waals surface area (Å²) < 4.78 is 15.7. The van der Waals surface area contributed by atoms with Crippen molar-refractivity contribution in [2.45, 2.75) is 53.8 Å². The quantitative estimate of drug-likeness (QED) is 0.478. The Morgan fingerprint density at radius 3 is 2.42 bits per heavy atom. The van der Waals surface area contributed by atoms with Gasteiger partial charge in [-0.3, -0.25) is 4.79 Å². The minimum Gasteiger partial charge on any atom is -0.433 e. The highest BCUT2D eigenvalue weighted by molar-refractivity contribution is 5.69. The molecule has 0 aromatic heterocycles. The third kappa shape index (κ3) is 11.0. The summed E-state index contributed by atoms with van der Waals surface area (Å²) >= 11 is 0. The maximum Gasteiger partial charge on any atom is 0.308 e. The van der Waals surface area contributed by atoms with Crippen molar-refractivity contribution in [1.82, 2.24) is 0 Å². The molecular weight excluding hydrogens is 244 g/mol. The van der Waals surface area contributed by atoms with Crippen molar-refractivity contribution in [1.29, 1.82) is 0 Å². The highest BCUT2D eigenvalue weighted by atomic mass is 16.7. The maximum absolute atomic E-state index is 11.8. The zero-order chi connectivity index (χ0) is 14.9. The van der Waals surface area contributed by atoms with Crippen LogP contribution in [0.25, 0.3) is 0 Å². The molecule has 0 aliphatic rings. The third-order valence-corrected chi connectivity index (χ3v) is 2.49. The molecule has 0 heterocycles. The van der Waals surface area contributed by atoms with Crippen LogP contribution in [0.15, 0.2) is 0 Å². The van der Waals surface area contributed by atoms with Gasteiger partial charge in [0.25, 0.3) is 0 Å². The van der Waals surface area contributed by atoms with Gasteiger partial charge in [0.05, 0.1) is 0 Å². The minimum absolute atomic E-state index is 0.218. The van der Waals surface area contributed by atoms with Crippen LogP contribution in [0.3, 0.4) is 0 Å². The van der Waals surface area contributed by atoms with Crippen LogP contribution in [0.4, 0.5) is 0 Å². The van der Waals surface area contributed by atoms with Crippen LogP contribution in [0.2, 0.25) is 0 Å². The summed E-state index contributed by atoms with van der Waals surface area (Å²) in [6.45, 7) is 15.0. The standard InChI is InChI=1S/C15H29O4/c1-7-17-11-14(18-8-2)19-13(16)9-12(3)10-15(4,5)6/h12,14H,1,7-11H2,2-6H3. The van der Waals surface area contributed by atoms with Gasteiger partial charge in [0.1, 0.15) is 6.61 Å². The molecule has 19 heavy (non-hydrogen) atoms. The van der Waals surface area contributed by atoms with E-state index < -0.39 is 6.29 Å². The number of carbonyl (C=O) groups excluding carboxylic acids is 1. The van der Waals surface area contributed by atoms with E-state index in [1.54, 1.807) is 0 Å². The maximum atomic E-state index is 11.8. The van der Waals surface area contributed by atoms with E-state index in [0.29, 0.717) is 25.6 Å². The number of carbonyl (C=O) groups is 1. The van der Waals surface area contributed by atoms with Crippen molar-refractivity contribution in [3.8, 4) is 0 Å². The normalized spacial score (nSPS) is 15.1. The predicted octanol–water partition coefficient (Wildman–Crippen LogP) is 3.21. The zero-order valence-corrected chi connectivity index (χ0v) is 13.0. The summed E-state index contributed by atoms with van der Waals surface area (Å²) in [7, 11) is 0. The SMILES string of the molecule is [CH2]COCC(OCC)OC(=O)CC(C)CC(C)(C)C. The van der Waals surface area contributed by atoms with Crippen LogP contribution in [0.1, 0.15) is 47.5 Å². The lowest BCUT2D eigenvalue weighted by Crippen LogP contribution is -2.28. The summed E-state index contributed by atoms with van der Waals surface area (Å²) in [5, 5.41) is 0. The molecule has 113 valence electrons. The van der Waals surface area contributed by atoms with E-state index in [-0.39, 0.29) is 18.0 Å². The van der Waals surface area contributed by atoms with Crippen molar-refractivity contribution in [3.63, 3.8) is 0 Å². The fraction of sp³-hybridized carbons (Fsp3) is 0.867. The topological polar surface area (TPSA) is 44.8 Å². The molecule has 0 bridgehead atoms. The van der Waals surface area contributed by atoms with Gasteiger partial charge >= 0.3 is 5.97 Å². The predicted molar refractivity (Wildman–Crippen MR) is 75.5 cm³/mol. The van der Waals surface area contributed by atoms with Gasteiger partial charge in [0.2, 0.25) is 6.29 Å². The zero-order valence-electron chi connectivity index (χ0n) is 13.0. The summed E-state index contributed by atoms with van der Waals surface area (Å²) in [4.78, 5) is 11.8. The third-order valence-electron chi connectivity index (χ3n) is 2.49. The summed E-state index contributed by atoms with van der Waals surface area (Å²) in [6, 6.07) is 0. The molecule has 0 fully saturated rings. The van der Waals surface area contributed by atoms with Crippen LogP contribution >= 0.6 is 0 Å². The van der Waals surface area contributed by atoms with Crippen LogP contribution in [0, 0.1) is 18.3 Å². The van der Waals surface area contributed by atoms with Gasteiger partial charge < -0.3 is 14.2 Å². The molecule has 0 spiro atoms. The van der Waals surface area contributed by atoms with Gasteiger partial charge in [-0.05, 0) is 31.6 Å². The summed E-state index contributed by atoms with van der Waals surface area (Å²) in [6.07, 6.45) is 0.767. The molecule has 1 radical (unpaired) electrons. The van der Waals surface area contributed by atoms with E-state index >= 15 is 0 Å². The van der Waals surface area contributed by atoms with Gasteiger partial charge in [0, 0.05) is 19.6 Å². The van der Waals surface area contributed by atoms with Gasteiger partial charge in [-0.1, -0.05) is 27.7 Å². The molecule has 0 aromatic rings. The second kappa shape index (κ2) is 9.32. The molecule has 4 heteroatoms. The Balaban J connectivity index is 4.10. The monoisotopic (exact) mass is 273 g/mol. The van der Waals surface area contributed by atoms with E-state index in [0.717, 1.165) is 6.42 Å². The molecule has 0 N–H and O–H groups in total. The van der Waals surface area contributed by atoms with Gasteiger partial charge in [-0.15, -0.1) is 0 Å². The first-order chi connectivity index (χ1) is 8.78. The smallest absolute Gasteiger partial charge is 0.308 e. The Bertz CT molecular complexity index is 245. The van der Waals surface area contributed by atoms with E-state index in [1.807, 2.05) is 6.92 Å². The molecule has 0 saturated carbocycles. The second-order valence-electron chi connectivity index (χ2n) is 6.02. The minimum atomic E-state index is -0.624. The Morgan fingerprint density at radius 1 is 1.32 bits per heavy atom. The first kappa shape index (κ1) is 18.4. The summed E-state index contributed by atoms with van der Waals surface area (Å²) in [5.41, 5.74) is 0.218. The highest BCUT2D eigenvalue weighted by Gasteiger charge is 2.20. The largest absolute Gasteiger partial charge is 0.433 e. The average molecular weight is 273 g/mol. The first-order valence-electron chi connectivity index (χ1n) is 6.96. The van der Waals surface area contributed by atoms with Gasteiger partial charge in [0.15, 0.2) is 0 Å². The number of hydrogen-bond donors (Lipinski definition) is 0. The number of ether oxygens (including phenoxy) is 3. The summed E-state index contributed by atoms with van der Waals surface area (Å²) in [5.74, 6) is 0.0615. The molecular formula is C15H29O4. The Morgan fingerprint density at radius 2 is 1.95 bits per heavy atom. The lowest BCUT2D eigenvalue weighted by atomic mass is 9.84.